The maximum absolute atomic E-state index is 10.6. The van der Waals surface area contributed by atoms with Crippen LogP contribution in [0.1, 0.15) is 42.6 Å². The second-order valence-corrected chi connectivity index (χ2v) is 5.20. The second-order valence-electron chi connectivity index (χ2n) is 5.20. The molecule has 0 spiro atoms. The Labute approximate surface area is 121 Å². The van der Waals surface area contributed by atoms with E-state index >= 15 is 0 Å². The van der Waals surface area contributed by atoms with Crippen molar-refractivity contribution < 1.29 is 14.9 Å². The Morgan fingerprint density at radius 3 is 2.55 bits per heavy atom. The lowest BCUT2D eigenvalue weighted by molar-refractivity contribution is 0.121. The molecule has 0 radical (unpaired) electrons. The standard InChI is InChI=1S/C16H27NO3/c1-5-14(17-7-6-8-18)15(19)13-10-11(2)9-12(3)16(13)20-4/h9-10,14-15,17-19H,5-8H2,1-4H3. The van der Waals surface area contributed by atoms with Gasteiger partial charge in [0.1, 0.15) is 5.75 Å². The SMILES string of the molecule is CCC(NCCCO)C(O)c1cc(C)cc(C)c1OC. The first-order valence-electron chi connectivity index (χ1n) is 7.22. The van der Waals surface area contributed by atoms with E-state index in [9.17, 15) is 5.11 Å². The van der Waals surface area contributed by atoms with Crippen LogP contribution in [-0.2, 0) is 0 Å². The molecule has 0 saturated carbocycles. The molecule has 4 heteroatoms. The molecule has 0 amide bonds. The van der Waals surface area contributed by atoms with Crippen molar-refractivity contribution in [3.05, 3.63) is 28.8 Å². The van der Waals surface area contributed by atoms with Crippen molar-refractivity contribution in [2.75, 3.05) is 20.3 Å². The summed E-state index contributed by atoms with van der Waals surface area (Å²) in [4.78, 5) is 0. The lowest BCUT2D eigenvalue weighted by Crippen LogP contribution is -2.35. The van der Waals surface area contributed by atoms with Crippen LogP contribution in [0.4, 0.5) is 0 Å². The molecule has 0 aliphatic heterocycles. The van der Waals surface area contributed by atoms with Gasteiger partial charge in [0.2, 0.25) is 0 Å². The predicted octanol–water partition coefficient (Wildman–Crippen LogP) is 2.10. The van der Waals surface area contributed by atoms with Crippen LogP contribution in [0.2, 0.25) is 0 Å². The molecule has 1 aromatic rings. The van der Waals surface area contributed by atoms with E-state index in [1.54, 1.807) is 7.11 Å². The lowest BCUT2D eigenvalue weighted by atomic mass is 9.95. The molecule has 2 unspecified atom stereocenters. The molecule has 4 nitrogen and oxygen atoms in total. The zero-order chi connectivity index (χ0) is 15.1. The molecule has 0 heterocycles. The van der Waals surface area contributed by atoms with Gasteiger partial charge in [-0.3, -0.25) is 0 Å². The van der Waals surface area contributed by atoms with Crippen LogP contribution in [0.5, 0.6) is 5.75 Å². The Kier molecular flexibility index (Phi) is 6.99. The summed E-state index contributed by atoms with van der Waals surface area (Å²) in [6.45, 7) is 6.89. The molecule has 3 N–H and O–H groups in total. The molecule has 0 fully saturated rings. The van der Waals surface area contributed by atoms with E-state index in [2.05, 4.69) is 11.4 Å². The quantitative estimate of drug-likeness (QED) is 0.639. The fourth-order valence-corrected chi connectivity index (χ4v) is 2.55. The van der Waals surface area contributed by atoms with Crippen LogP contribution in [0.15, 0.2) is 12.1 Å². The van der Waals surface area contributed by atoms with Gasteiger partial charge in [-0.05, 0) is 44.9 Å². The summed E-state index contributed by atoms with van der Waals surface area (Å²) in [5.74, 6) is 0.755. The minimum absolute atomic E-state index is 0.0448. The predicted molar refractivity (Wildman–Crippen MR) is 81.2 cm³/mol. The third kappa shape index (κ3) is 4.20. The highest BCUT2D eigenvalue weighted by Crippen LogP contribution is 2.32. The molecule has 2 atom stereocenters. The third-order valence-corrected chi connectivity index (χ3v) is 3.53. The lowest BCUT2D eigenvalue weighted by Gasteiger charge is -2.25. The average molecular weight is 281 g/mol. The van der Waals surface area contributed by atoms with Crippen molar-refractivity contribution >= 4 is 0 Å². The van der Waals surface area contributed by atoms with Gasteiger partial charge in [-0.15, -0.1) is 0 Å². The van der Waals surface area contributed by atoms with Crippen molar-refractivity contribution in [1.29, 1.82) is 0 Å². The highest BCUT2D eigenvalue weighted by molar-refractivity contribution is 5.45. The minimum Gasteiger partial charge on any atom is -0.496 e. The summed E-state index contributed by atoms with van der Waals surface area (Å²) in [7, 11) is 1.63. The van der Waals surface area contributed by atoms with Crippen LogP contribution >= 0.6 is 0 Å². The summed E-state index contributed by atoms with van der Waals surface area (Å²) < 4.78 is 5.44. The third-order valence-electron chi connectivity index (χ3n) is 3.53. The molecular weight excluding hydrogens is 254 g/mol. The maximum Gasteiger partial charge on any atom is 0.127 e. The van der Waals surface area contributed by atoms with Gasteiger partial charge in [0, 0.05) is 18.2 Å². The zero-order valence-electron chi connectivity index (χ0n) is 12.9. The van der Waals surface area contributed by atoms with Crippen LogP contribution in [0, 0.1) is 13.8 Å². The van der Waals surface area contributed by atoms with E-state index in [0.29, 0.717) is 13.0 Å². The molecule has 1 rings (SSSR count). The minimum atomic E-state index is -0.618. The van der Waals surface area contributed by atoms with Crippen LogP contribution in [0.25, 0.3) is 0 Å². The number of hydrogen-bond donors (Lipinski definition) is 3. The van der Waals surface area contributed by atoms with Crippen molar-refractivity contribution in [2.24, 2.45) is 0 Å². The maximum atomic E-state index is 10.6. The largest absolute Gasteiger partial charge is 0.496 e. The van der Waals surface area contributed by atoms with E-state index in [1.807, 2.05) is 26.8 Å². The molecule has 0 aliphatic rings. The van der Waals surface area contributed by atoms with Gasteiger partial charge in [0.15, 0.2) is 0 Å². The molecular formula is C16H27NO3. The number of aliphatic hydroxyl groups is 2. The molecule has 1 aromatic carbocycles. The number of ether oxygens (including phenoxy) is 1. The summed E-state index contributed by atoms with van der Waals surface area (Å²) in [5.41, 5.74) is 2.97. The smallest absolute Gasteiger partial charge is 0.127 e. The van der Waals surface area contributed by atoms with Crippen molar-refractivity contribution in [3.63, 3.8) is 0 Å². The number of methoxy groups -OCH3 is 1. The number of rotatable bonds is 8. The van der Waals surface area contributed by atoms with Crippen LogP contribution < -0.4 is 10.1 Å². The fraction of sp³-hybridized carbons (Fsp3) is 0.625. The zero-order valence-corrected chi connectivity index (χ0v) is 12.9. The van der Waals surface area contributed by atoms with E-state index in [-0.39, 0.29) is 12.6 Å². The highest BCUT2D eigenvalue weighted by atomic mass is 16.5. The Balaban J connectivity index is 2.96. The van der Waals surface area contributed by atoms with Crippen LogP contribution in [-0.4, -0.2) is 36.5 Å². The van der Waals surface area contributed by atoms with Crippen molar-refractivity contribution in [3.8, 4) is 5.75 Å². The van der Waals surface area contributed by atoms with Gasteiger partial charge in [-0.25, -0.2) is 0 Å². The summed E-state index contributed by atoms with van der Waals surface area (Å²) in [5, 5.41) is 22.8. The number of hydrogen-bond acceptors (Lipinski definition) is 4. The Morgan fingerprint density at radius 2 is 2.00 bits per heavy atom. The average Bonchev–Trinajstić information content (AvgIpc) is 2.42. The Hall–Kier alpha value is -1.10. The van der Waals surface area contributed by atoms with Gasteiger partial charge in [0.05, 0.1) is 13.2 Å². The number of aryl methyl sites for hydroxylation is 2. The highest BCUT2D eigenvalue weighted by Gasteiger charge is 2.23. The van der Waals surface area contributed by atoms with Gasteiger partial charge in [-0.2, -0.15) is 0 Å². The summed E-state index contributed by atoms with van der Waals surface area (Å²) in [6, 6.07) is 3.99. The van der Waals surface area contributed by atoms with E-state index in [0.717, 1.165) is 28.9 Å². The summed E-state index contributed by atoms with van der Waals surface area (Å²) in [6.07, 6.45) is 0.878. The topological polar surface area (TPSA) is 61.7 Å². The second kappa shape index (κ2) is 8.25. The first-order valence-corrected chi connectivity index (χ1v) is 7.22. The molecule has 0 saturated heterocycles. The van der Waals surface area contributed by atoms with Crippen molar-refractivity contribution in [2.45, 2.75) is 45.8 Å². The molecule has 0 aromatic heterocycles. The number of benzene rings is 1. The van der Waals surface area contributed by atoms with Gasteiger partial charge in [0.25, 0.3) is 0 Å². The number of nitrogens with one attached hydrogen (secondary N) is 1. The molecule has 0 bridgehead atoms. The molecule has 114 valence electrons. The fourth-order valence-electron chi connectivity index (χ4n) is 2.55. The van der Waals surface area contributed by atoms with Crippen molar-refractivity contribution in [1.82, 2.24) is 5.32 Å². The normalized spacial score (nSPS) is 14.1. The van der Waals surface area contributed by atoms with Gasteiger partial charge < -0.3 is 20.3 Å². The van der Waals surface area contributed by atoms with E-state index in [4.69, 9.17) is 9.84 Å². The first-order chi connectivity index (χ1) is 9.54. The van der Waals surface area contributed by atoms with E-state index < -0.39 is 6.10 Å². The van der Waals surface area contributed by atoms with Crippen LogP contribution in [0.3, 0.4) is 0 Å². The Morgan fingerprint density at radius 1 is 1.30 bits per heavy atom. The van der Waals surface area contributed by atoms with Gasteiger partial charge in [-0.1, -0.05) is 18.6 Å². The molecule has 20 heavy (non-hydrogen) atoms. The van der Waals surface area contributed by atoms with Gasteiger partial charge >= 0.3 is 0 Å². The number of aliphatic hydroxyl groups excluding tert-OH is 2. The summed E-state index contributed by atoms with van der Waals surface area (Å²) >= 11 is 0. The first kappa shape index (κ1) is 17.0. The Bertz CT molecular complexity index is 420. The van der Waals surface area contributed by atoms with E-state index in [1.165, 1.54) is 0 Å². The monoisotopic (exact) mass is 281 g/mol. The molecule has 0 aliphatic carbocycles.